The molecule has 25 heavy (non-hydrogen) atoms. The lowest BCUT2D eigenvalue weighted by molar-refractivity contribution is 0.122. The van der Waals surface area contributed by atoms with Gasteiger partial charge in [0.25, 0.3) is 0 Å². The van der Waals surface area contributed by atoms with Gasteiger partial charge in [-0.2, -0.15) is 5.10 Å². The zero-order chi connectivity index (χ0) is 17.1. The average Bonchev–Trinajstić information content (AvgIpc) is 3.11. The summed E-state index contributed by atoms with van der Waals surface area (Å²) in [6, 6.07) is 0.378. The van der Waals surface area contributed by atoms with Crippen LogP contribution in [-0.4, -0.2) is 46.1 Å². The van der Waals surface area contributed by atoms with E-state index in [2.05, 4.69) is 36.9 Å². The van der Waals surface area contributed by atoms with E-state index >= 15 is 0 Å². The molecule has 0 aromatic carbocycles. The van der Waals surface area contributed by atoms with Crippen LogP contribution < -0.4 is 10.2 Å². The highest BCUT2D eigenvalue weighted by molar-refractivity contribution is 5.30. The molecule has 1 saturated heterocycles. The van der Waals surface area contributed by atoms with Gasteiger partial charge in [-0.25, -0.2) is 9.97 Å². The van der Waals surface area contributed by atoms with E-state index < -0.39 is 0 Å². The van der Waals surface area contributed by atoms with Crippen molar-refractivity contribution in [1.82, 2.24) is 25.1 Å². The molecule has 0 amide bonds. The van der Waals surface area contributed by atoms with Gasteiger partial charge in [-0.15, -0.1) is 0 Å². The molecule has 1 aliphatic carbocycles. The number of morpholine rings is 1. The second-order valence-corrected chi connectivity index (χ2v) is 6.68. The van der Waals surface area contributed by atoms with Gasteiger partial charge >= 0.3 is 0 Å². The molecule has 134 valence electrons. The third-order valence-corrected chi connectivity index (χ3v) is 5.10. The van der Waals surface area contributed by atoms with Gasteiger partial charge in [0.1, 0.15) is 0 Å². The van der Waals surface area contributed by atoms with Crippen LogP contribution >= 0.6 is 0 Å². The summed E-state index contributed by atoms with van der Waals surface area (Å²) in [4.78, 5) is 11.2. The fourth-order valence-corrected chi connectivity index (χ4v) is 3.71. The Morgan fingerprint density at radius 1 is 1.20 bits per heavy atom. The molecule has 1 aliphatic heterocycles. The van der Waals surface area contributed by atoms with Crippen molar-refractivity contribution in [2.45, 2.75) is 45.3 Å². The Labute approximate surface area is 148 Å². The van der Waals surface area contributed by atoms with Gasteiger partial charge in [0, 0.05) is 61.4 Å². The first-order chi connectivity index (χ1) is 12.3. The summed E-state index contributed by atoms with van der Waals surface area (Å²) < 4.78 is 7.50. The molecule has 0 saturated carbocycles. The summed E-state index contributed by atoms with van der Waals surface area (Å²) in [5, 5.41) is 8.18. The van der Waals surface area contributed by atoms with Crippen molar-refractivity contribution in [3.8, 4) is 0 Å². The lowest BCUT2D eigenvalue weighted by atomic mass is 9.93. The highest BCUT2D eigenvalue weighted by atomic mass is 16.5. The van der Waals surface area contributed by atoms with E-state index in [1.54, 1.807) is 0 Å². The maximum absolute atomic E-state index is 5.38. The summed E-state index contributed by atoms with van der Waals surface area (Å²) in [6.07, 6.45) is 9.42. The number of hydrogen-bond acceptors (Lipinski definition) is 6. The van der Waals surface area contributed by atoms with Crippen LogP contribution in [-0.2, 0) is 24.2 Å². The topological polar surface area (TPSA) is 68.1 Å². The van der Waals surface area contributed by atoms with E-state index in [4.69, 9.17) is 4.74 Å². The van der Waals surface area contributed by atoms with E-state index in [1.165, 1.54) is 17.7 Å². The van der Waals surface area contributed by atoms with Crippen molar-refractivity contribution in [2.24, 2.45) is 0 Å². The monoisotopic (exact) mass is 342 g/mol. The standard InChI is InChI=1S/C18H26N6O/c1-2-24-17-5-3-4-16(15(17)13-22-24)19-10-14-11-20-18(21-12-14)23-6-8-25-9-7-23/h11-13,16,19H,2-10H2,1H3/t16-/m1/s1. The fraction of sp³-hybridized carbons (Fsp3) is 0.611. The number of aromatic nitrogens is 4. The molecule has 0 bridgehead atoms. The lowest BCUT2D eigenvalue weighted by Crippen LogP contribution is -2.37. The molecule has 1 N–H and O–H groups in total. The molecule has 0 spiro atoms. The first-order valence-electron chi connectivity index (χ1n) is 9.26. The van der Waals surface area contributed by atoms with Gasteiger partial charge in [0.05, 0.1) is 19.4 Å². The van der Waals surface area contributed by atoms with Crippen LogP contribution in [0.3, 0.4) is 0 Å². The summed E-state index contributed by atoms with van der Waals surface area (Å²) in [5.41, 5.74) is 3.87. The number of nitrogens with one attached hydrogen (secondary N) is 1. The molecule has 3 heterocycles. The van der Waals surface area contributed by atoms with Crippen LogP contribution in [0.25, 0.3) is 0 Å². The molecule has 1 fully saturated rings. The van der Waals surface area contributed by atoms with Gasteiger partial charge in [0.15, 0.2) is 0 Å². The van der Waals surface area contributed by atoms with Crippen molar-refractivity contribution >= 4 is 5.95 Å². The second kappa shape index (κ2) is 7.49. The molecule has 0 radical (unpaired) electrons. The first kappa shape index (κ1) is 16.5. The maximum Gasteiger partial charge on any atom is 0.225 e. The molecule has 0 unspecified atom stereocenters. The molecule has 2 aromatic rings. The summed E-state index contributed by atoms with van der Waals surface area (Å²) in [6.45, 7) is 7.11. The van der Waals surface area contributed by atoms with E-state index in [0.29, 0.717) is 6.04 Å². The number of fused-ring (bicyclic) bond motifs is 1. The van der Waals surface area contributed by atoms with Crippen molar-refractivity contribution in [3.63, 3.8) is 0 Å². The molecular formula is C18H26N6O. The Bertz CT molecular complexity index is 692. The summed E-state index contributed by atoms with van der Waals surface area (Å²) in [7, 11) is 0. The smallest absolute Gasteiger partial charge is 0.225 e. The molecule has 2 aliphatic rings. The first-order valence-corrected chi connectivity index (χ1v) is 9.26. The van der Waals surface area contributed by atoms with Crippen LogP contribution in [0.4, 0.5) is 5.95 Å². The molecule has 1 atom stereocenters. The Kier molecular flexibility index (Phi) is 4.94. The van der Waals surface area contributed by atoms with Crippen molar-refractivity contribution < 1.29 is 4.74 Å². The zero-order valence-electron chi connectivity index (χ0n) is 14.8. The number of rotatable bonds is 5. The Hall–Kier alpha value is -1.99. The average molecular weight is 342 g/mol. The van der Waals surface area contributed by atoms with Crippen LogP contribution in [0, 0.1) is 0 Å². The Balaban J connectivity index is 1.38. The summed E-state index contributed by atoms with van der Waals surface area (Å²) in [5.74, 6) is 0.802. The number of hydrogen-bond donors (Lipinski definition) is 1. The van der Waals surface area contributed by atoms with E-state index in [9.17, 15) is 0 Å². The summed E-state index contributed by atoms with van der Waals surface area (Å²) >= 11 is 0. The van der Waals surface area contributed by atoms with Gasteiger partial charge in [-0.1, -0.05) is 0 Å². The van der Waals surface area contributed by atoms with Crippen LogP contribution in [0.2, 0.25) is 0 Å². The van der Waals surface area contributed by atoms with Gasteiger partial charge in [-0.05, 0) is 26.2 Å². The van der Waals surface area contributed by atoms with Gasteiger partial charge in [0.2, 0.25) is 5.95 Å². The predicted octanol–water partition coefficient (Wildman–Crippen LogP) is 1.70. The molecular weight excluding hydrogens is 316 g/mol. The Morgan fingerprint density at radius 3 is 2.76 bits per heavy atom. The fourth-order valence-electron chi connectivity index (χ4n) is 3.71. The van der Waals surface area contributed by atoms with Crippen molar-refractivity contribution in [3.05, 3.63) is 35.4 Å². The third-order valence-electron chi connectivity index (χ3n) is 5.10. The van der Waals surface area contributed by atoms with Gasteiger partial charge < -0.3 is 15.0 Å². The van der Waals surface area contributed by atoms with E-state index in [0.717, 1.165) is 63.7 Å². The number of aryl methyl sites for hydroxylation is 1. The zero-order valence-corrected chi connectivity index (χ0v) is 14.8. The van der Waals surface area contributed by atoms with Crippen LogP contribution in [0.15, 0.2) is 18.6 Å². The van der Waals surface area contributed by atoms with Gasteiger partial charge in [-0.3, -0.25) is 4.68 Å². The predicted molar refractivity (Wildman–Crippen MR) is 95.5 cm³/mol. The molecule has 2 aromatic heterocycles. The number of anilines is 1. The van der Waals surface area contributed by atoms with Crippen LogP contribution in [0.1, 0.15) is 42.6 Å². The highest BCUT2D eigenvalue weighted by Gasteiger charge is 2.23. The molecule has 7 nitrogen and oxygen atoms in total. The minimum atomic E-state index is 0.378. The molecule has 4 rings (SSSR count). The minimum absolute atomic E-state index is 0.378. The van der Waals surface area contributed by atoms with E-state index in [1.807, 2.05) is 18.6 Å². The van der Waals surface area contributed by atoms with E-state index in [-0.39, 0.29) is 0 Å². The minimum Gasteiger partial charge on any atom is -0.378 e. The number of nitrogens with zero attached hydrogens (tertiary/aromatic N) is 5. The third kappa shape index (κ3) is 3.52. The normalized spacial score (nSPS) is 20.5. The second-order valence-electron chi connectivity index (χ2n) is 6.68. The van der Waals surface area contributed by atoms with Crippen molar-refractivity contribution in [1.29, 1.82) is 0 Å². The Morgan fingerprint density at radius 2 is 2.00 bits per heavy atom. The largest absolute Gasteiger partial charge is 0.378 e. The lowest BCUT2D eigenvalue weighted by Gasteiger charge is -2.27. The highest BCUT2D eigenvalue weighted by Crippen LogP contribution is 2.29. The van der Waals surface area contributed by atoms with Crippen molar-refractivity contribution in [2.75, 3.05) is 31.2 Å². The maximum atomic E-state index is 5.38. The quantitative estimate of drug-likeness (QED) is 0.892. The number of ether oxygens (including phenoxy) is 1. The SMILES string of the molecule is CCn1ncc2c1CCC[C@H]2NCc1cnc(N2CCOCC2)nc1. The van der Waals surface area contributed by atoms with Crippen LogP contribution in [0.5, 0.6) is 0 Å². The molecule has 7 heteroatoms.